The summed E-state index contributed by atoms with van der Waals surface area (Å²) in [4.78, 5) is 0. The van der Waals surface area contributed by atoms with Crippen LogP contribution in [0.5, 0.6) is 0 Å². The summed E-state index contributed by atoms with van der Waals surface area (Å²) in [6.07, 6.45) is 22.5. The summed E-state index contributed by atoms with van der Waals surface area (Å²) in [7, 11) is 0. The van der Waals surface area contributed by atoms with Crippen molar-refractivity contribution in [3.8, 4) is 0 Å². The van der Waals surface area contributed by atoms with Crippen LogP contribution in [0.25, 0.3) is 0 Å². The summed E-state index contributed by atoms with van der Waals surface area (Å²) in [5, 5.41) is 0.308. The predicted molar refractivity (Wildman–Crippen MR) is 116 cm³/mol. The summed E-state index contributed by atoms with van der Waals surface area (Å²) >= 11 is 5.60. The van der Waals surface area contributed by atoms with Gasteiger partial charge in [-0.25, -0.2) is 0 Å². The second-order valence-corrected chi connectivity index (χ2v) is 8.21. The van der Waals surface area contributed by atoms with Crippen molar-refractivity contribution in [2.24, 2.45) is 0 Å². The van der Waals surface area contributed by atoms with Gasteiger partial charge in [-0.1, -0.05) is 146 Å². The summed E-state index contributed by atoms with van der Waals surface area (Å²) in [6.45, 7) is 2.29. The van der Waals surface area contributed by atoms with Gasteiger partial charge in [0, 0.05) is 5.25 Å². The molecule has 25 heavy (non-hydrogen) atoms. The molecule has 1 atom stereocenters. The van der Waals surface area contributed by atoms with Gasteiger partial charge in [-0.3, -0.25) is 0 Å². The monoisotopic (exact) mass is 361 g/mol. The van der Waals surface area contributed by atoms with Crippen molar-refractivity contribution in [2.75, 3.05) is 0 Å². The Labute approximate surface area is 163 Å². The fourth-order valence-corrected chi connectivity index (χ4v) is 3.86. The number of hydrogen-bond acceptors (Lipinski definition) is 0. The van der Waals surface area contributed by atoms with Gasteiger partial charge in [-0.15, -0.1) is 0 Å². The van der Waals surface area contributed by atoms with E-state index in [-0.39, 0.29) is 0 Å². The van der Waals surface area contributed by atoms with Crippen LogP contribution in [0.3, 0.4) is 0 Å². The predicted octanol–water partition coefficient (Wildman–Crippen LogP) is 9.19. The molecular weight excluding hydrogens is 320 g/mol. The molecule has 1 radical (unpaired) electrons. The molecule has 1 unspecified atom stereocenters. The van der Waals surface area contributed by atoms with E-state index >= 15 is 0 Å². The molecule has 0 aliphatic rings. The van der Waals surface area contributed by atoms with Crippen LogP contribution >= 0.6 is 12.6 Å². The zero-order chi connectivity index (χ0) is 18.0. The van der Waals surface area contributed by atoms with Crippen LogP contribution in [-0.2, 0) is 0 Å². The molecule has 0 aromatic heterocycles. The van der Waals surface area contributed by atoms with Gasteiger partial charge in [0.25, 0.3) is 0 Å². The van der Waals surface area contributed by atoms with E-state index in [1.807, 2.05) is 0 Å². The van der Waals surface area contributed by atoms with Gasteiger partial charge in [0.05, 0.1) is 0 Å². The Morgan fingerprint density at radius 3 is 1.44 bits per heavy atom. The van der Waals surface area contributed by atoms with Crippen LogP contribution in [0.15, 0.2) is 30.3 Å². The first-order valence-corrected chi connectivity index (χ1v) is 11.5. The number of unbranched alkanes of at least 4 members (excludes halogenated alkanes) is 14. The lowest BCUT2D eigenvalue weighted by Crippen LogP contribution is -1.90. The average Bonchev–Trinajstić information content (AvgIpc) is 2.65. The van der Waals surface area contributed by atoms with E-state index in [2.05, 4.69) is 37.3 Å². The second-order valence-electron chi connectivity index (χ2n) is 7.64. The van der Waals surface area contributed by atoms with Crippen LogP contribution in [-0.4, -0.2) is 0 Å². The lowest BCUT2D eigenvalue weighted by Gasteiger charge is -2.09. The third-order valence-corrected chi connectivity index (χ3v) is 5.75. The molecule has 1 heteroatoms. The molecule has 0 spiro atoms. The largest absolute Gasteiger partial charge is 0.0853 e. The molecule has 0 nitrogen and oxygen atoms in total. The SMILES string of the molecule is CCCCCCCCCCCCCCCCCC([S])c1ccccc1. The number of hydrogen-bond donors (Lipinski definition) is 0. The Bertz CT molecular complexity index is 373. The molecule has 0 amide bonds. The highest BCUT2D eigenvalue weighted by molar-refractivity contribution is 7.80. The third-order valence-electron chi connectivity index (χ3n) is 5.24. The zero-order valence-electron chi connectivity index (χ0n) is 16.7. The first-order chi connectivity index (χ1) is 12.3. The topological polar surface area (TPSA) is 0 Å². The maximum Gasteiger partial charge on any atom is 0.0401 e. The van der Waals surface area contributed by atoms with Crippen LogP contribution in [0, 0.1) is 0 Å². The van der Waals surface area contributed by atoms with Gasteiger partial charge in [0.15, 0.2) is 0 Å². The Hall–Kier alpha value is -0.430. The lowest BCUT2D eigenvalue weighted by molar-refractivity contribution is 0.529. The minimum atomic E-state index is 0.308. The molecule has 1 aromatic rings. The Morgan fingerprint density at radius 1 is 0.600 bits per heavy atom. The standard InChI is InChI=1S/C24H41S/c1-2-3-4-5-6-7-8-9-10-11-12-13-14-15-19-22-24(25)23-20-17-16-18-21-23/h16-18,20-21,24H,2-15,19,22H2,1H3. The molecular formula is C24H41S. The van der Waals surface area contributed by atoms with Crippen LogP contribution < -0.4 is 0 Å². The summed E-state index contributed by atoms with van der Waals surface area (Å²) in [6, 6.07) is 10.6. The van der Waals surface area contributed by atoms with E-state index in [4.69, 9.17) is 12.6 Å². The summed E-state index contributed by atoms with van der Waals surface area (Å²) in [5.41, 5.74) is 1.32. The average molecular weight is 362 g/mol. The van der Waals surface area contributed by atoms with E-state index in [0.29, 0.717) is 5.25 Å². The van der Waals surface area contributed by atoms with E-state index < -0.39 is 0 Å². The van der Waals surface area contributed by atoms with E-state index in [1.165, 1.54) is 102 Å². The van der Waals surface area contributed by atoms with Crippen LogP contribution in [0.1, 0.15) is 120 Å². The van der Waals surface area contributed by atoms with Crippen molar-refractivity contribution in [1.82, 2.24) is 0 Å². The highest BCUT2D eigenvalue weighted by Gasteiger charge is 2.05. The molecule has 0 aliphatic heterocycles. The zero-order valence-corrected chi connectivity index (χ0v) is 17.5. The van der Waals surface area contributed by atoms with Crippen LogP contribution in [0.2, 0.25) is 0 Å². The summed E-state index contributed by atoms with van der Waals surface area (Å²) in [5.74, 6) is 0. The van der Waals surface area contributed by atoms with Gasteiger partial charge in [-0.2, -0.15) is 0 Å². The van der Waals surface area contributed by atoms with Gasteiger partial charge >= 0.3 is 0 Å². The van der Waals surface area contributed by atoms with Crippen molar-refractivity contribution in [1.29, 1.82) is 0 Å². The molecule has 0 N–H and O–H groups in total. The van der Waals surface area contributed by atoms with Gasteiger partial charge in [0.2, 0.25) is 0 Å². The van der Waals surface area contributed by atoms with Crippen molar-refractivity contribution in [2.45, 2.75) is 115 Å². The Morgan fingerprint density at radius 2 is 1.00 bits per heavy atom. The van der Waals surface area contributed by atoms with Gasteiger partial charge in [0.1, 0.15) is 0 Å². The van der Waals surface area contributed by atoms with E-state index in [9.17, 15) is 0 Å². The molecule has 143 valence electrons. The molecule has 0 heterocycles. The molecule has 1 aromatic carbocycles. The van der Waals surface area contributed by atoms with Crippen LogP contribution in [0.4, 0.5) is 0 Å². The first kappa shape index (κ1) is 22.6. The minimum Gasteiger partial charge on any atom is -0.0853 e. The fraction of sp³-hybridized carbons (Fsp3) is 0.750. The molecule has 0 fully saturated rings. The van der Waals surface area contributed by atoms with E-state index in [0.717, 1.165) is 6.42 Å². The van der Waals surface area contributed by atoms with Crippen molar-refractivity contribution < 1.29 is 0 Å². The molecule has 0 bridgehead atoms. The third kappa shape index (κ3) is 13.4. The molecule has 0 saturated heterocycles. The molecule has 0 saturated carbocycles. The smallest absolute Gasteiger partial charge is 0.0401 e. The van der Waals surface area contributed by atoms with E-state index in [1.54, 1.807) is 0 Å². The van der Waals surface area contributed by atoms with Crippen molar-refractivity contribution in [3.63, 3.8) is 0 Å². The summed E-state index contributed by atoms with van der Waals surface area (Å²) < 4.78 is 0. The Balaban J connectivity index is 1.77. The Kier molecular flexibility index (Phi) is 15.4. The maximum atomic E-state index is 5.60. The molecule has 0 aliphatic carbocycles. The first-order valence-electron chi connectivity index (χ1n) is 11.1. The van der Waals surface area contributed by atoms with Gasteiger partial charge in [-0.05, 0) is 12.0 Å². The second kappa shape index (κ2) is 17.0. The van der Waals surface area contributed by atoms with Crippen molar-refractivity contribution in [3.05, 3.63) is 35.9 Å². The minimum absolute atomic E-state index is 0.308. The van der Waals surface area contributed by atoms with Crippen molar-refractivity contribution >= 4 is 12.6 Å². The maximum absolute atomic E-state index is 5.60. The lowest BCUT2D eigenvalue weighted by atomic mass is 10.0. The highest BCUT2D eigenvalue weighted by Crippen LogP contribution is 2.26. The quantitative estimate of drug-likeness (QED) is 0.242. The molecule has 1 rings (SSSR count). The number of benzene rings is 1. The normalized spacial score (nSPS) is 12.4. The van der Waals surface area contributed by atoms with Gasteiger partial charge < -0.3 is 0 Å². The number of rotatable bonds is 17. The highest BCUT2D eigenvalue weighted by atomic mass is 32.1. The fourth-order valence-electron chi connectivity index (χ4n) is 3.54.